The molecule has 0 N–H and O–H groups in total. The molecule has 0 unspecified atom stereocenters. The highest BCUT2D eigenvalue weighted by Crippen LogP contribution is 2.46. The number of hydrogen-bond donors (Lipinski definition) is 0. The largest absolute Gasteiger partial charge is 0.311 e. The molecule has 3 aliphatic carbocycles. The minimum Gasteiger partial charge on any atom is -0.311 e. The Hall–Kier alpha value is -9.77. The molecule has 15 rings (SSSR count). The smallest absolute Gasteiger partial charge is 0.0750 e. The molecule has 0 amide bonds. The SMILES string of the molecule is c1ccc(-c2cc(-c3ccc(N(c4ccc(-c5cc(-c6ccccc6)nc6c5CCc5ccccc5-6)cc4)c4ccc(-c5cc(-c6ccccc6)nc6c5CCc5ccccc5-6)cc4)cc3)c3c(n2)-c2ccccc2CC3)cc1. The van der Waals surface area contributed by atoms with Crippen LogP contribution in [-0.2, 0) is 38.5 Å². The highest BCUT2D eigenvalue weighted by atomic mass is 15.1. The van der Waals surface area contributed by atoms with Gasteiger partial charge in [0.05, 0.1) is 34.2 Å². The van der Waals surface area contributed by atoms with E-state index in [1.54, 1.807) is 0 Å². The molecule has 0 spiro atoms. The van der Waals surface area contributed by atoms with Crippen molar-refractivity contribution in [1.29, 1.82) is 0 Å². The predicted octanol–water partition coefficient (Wildman–Crippen LogP) is 18.6. The van der Waals surface area contributed by atoms with Gasteiger partial charge in [0.1, 0.15) is 0 Å². The lowest BCUT2D eigenvalue weighted by molar-refractivity contribution is 0.930. The molecule has 4 nitrogen and oxygen atoms in total. The molecule has 374 valence electrons. The molecule has 0 radical (unpaired) electrons. The second-order valence-corrected chi connectivity index (χ2v) is 21.2. The maximum atomic E-state index is 5.39. The van der Waals surface area contributed by atoms with Gasteiger partial charge in [-0.05, 0) is 160 Å². The third kappa shape index (κ3) is 8.45. The zero-order chi connectivity index (χ0) is 52.2. The van der Waals surface area contributed by atoms with Crippen LogP contribution >= 0.6 is 0 Å². The second-order valence-electron chi connectivity index (χ2n) is 21.2. The van der Waals surface area contributed by atoms with Gasteiger partial charge < -0.3 is 4.90 Å². The summed E-state index contributed by atoms with van der Waals surface area (Å²) in [5, 5.41) is 0. The number of pyridine rings is 3. The second kappa shape index (κ2) is 19.7. The summed E-state index contributed by atoms with van der Waals surface area (Å²) >= 11 is 0. The van der Waals surface area contributed by atoms with Gasteiger partial charge >= 0.3 is 0 Å². The van der Waals surface area contributed by atoms with Gasteiger partial charge in [-0.15, -0.1) is 0 Å². The van der Waals surface area contributed by atoms with E-state index in [2.05, 4.69) is 260 Å². The quantitative estimate of drug-likeness (QED) is 0.144. The Morgan fingerprint density at radius 2 is 0.494 bits per heavy atom. The summed E-state index contributed by atoms with van der Waals surface area (Å²) in [5.74, 6) is 0. The molecule has 3 heterocycles. The van der Waals surface area contributed by atoms with Gasteiger partial charge in [0.25, 0.3) is 0 Å². The minimum absolute atomic E-state index is 0.941. The molecular weight excluding hydrogens is 957 g/mol. The Bertz CT molecular complexity index is 3820. The van der Waals surface area contributed by atoms with Gasteiger partial charge in [0.2, 0.25) is 0 Å². The standard InChI is InChI=1S/C75H54N4/c1-4-19-55(20-5-1)70-46-67(64-43-34-49-16-10-13-25-61(49)73(64)76-70)52-28-37-58(38-29-52)79(59-39-30-53(31-40-59)68-47-71(56-21-6-2-7-22-56)77-74-62-26-14-11-17-50(62)35-44-65(68)74)60-41-32-54(33-42-60)69-48-72(57-23-8-3-9-24-57)78-75-63-27-15-12-18-51(63)36-45-66(69)75/h1-33,37-42,46-48H,34-36,43-45H2. The Balaban J connectivity index is 0.859. The molecule has 0 aliphatic heterocycles. The number of fused-ring (bicyclic) bond motifs is 9. The van der Waals surface area contributed by atoms with Gasteiger partial charge in [-0.2, -0.15) is 0 Å². The van der Waals surface area contributed by atoms with Gasteiger partial charge in [-0.25, -0.2) is 15.0 Å². The van der Waals surface area contributed by atoms with Crippen LogP contribution in [0.15, 0.2) is 255 Å². The van der Waals surface area contributed by atoms with Gasteiger partial charge in [-0.1, -0.05) is 200 Å². The number of hydrogen-bond acceptors (Lipinski definition) is 4. The Labute approximate surface area is 462 Å². The van der Waals surface area contributed by atoms with Crippen LogP contribution in [-0.4, -0.2) is 15.0 Å². The molecule has 79 heavy (non-hydrogen) atoms. The maximum Gasteiger partial charge on any atom is 0.0750 e. The number of anilines is 3. The minimum atomic E-state index is 0.941. The summed E-state index contributed by atoms with van der Waals surface area (Å²) in [5.41, 5.74) is 31.8. The van der Waals surface area contributed by atoms with Crippen molar-refractivity contribution in [2.24, 2.45) is 0 Å². The molecule has 0 fully saturated rings. The molecule has 0 saturated carbocycles. The number of aromatic nitrogens is 3. The van der Waals surface area contributed by atoms with Crippen LogP contribution in [0.1, 0.15) is 33.4 Å². The normalized spacial score (nSPS) is 12.8. The van der Waals surface area contributed by atoms with Crippen molar-refractivity contribution in [2.45, 2.75) is 38.5 Å². The van der Waals surface area contributed by atoms with E-state index in [-0.39, 0.29) is 0 Å². The van der Waals surface area contributed by atoms with Crippen LogP contribution < -0.4 is 4.90 Å². The van der Waals surface area contributed by atoms with Crippen molar-refractivity contribution >= 4 is 17.1 Å². The summed E-state index contributed by atoms with van der Waals surface area (Å²) in [4.78, 5) is 18.6. The van der Waals surface area contributed by atoms with E-state index in [0.717, 1.165) is 106 Å². The summed E-state index contributed by atoms with van der Waals surface area (Å²) in [6.45, 7) is 0. The molecule has 9 aromatic carbocycles. The van der Waals surface area contributed by atoms with Crippen LogP contribution in [0.2, 0.25) is 0 Å². The summed E-state index contributed by atoms with van der Waals surface area (Å²) in [6.07, 6.45) is 5.80. The van der Waals surface area contributed by atoms with E-state index in [4.69, 9.17) is 15.0 Å². The van der Waals surface area contributed by atoms with Gasteiger partial charge in [0.15, 0.2) is 0 Å². The summed E-state index contributed by atoms with van der Waals surface area (Å²) in [7, 11) is 0. The lowest BCUT2D eigenvalue weighted by Gasteiger charge is -2.27. The molecule has 3 aromatic heterocycles. The van der Waals surface area contributed by atoms with E-state index >= 15 is 0 Å². The first-order valence-electron chi connectivity index (χ1n) is 27.8. The van der Waals surface area contributed by atoms with Crippen molar-refractivity contribution in [1.82, 2.24) is 15.0 Å². The van der Waals surface area contributed by atoms with Gasteiger partial charge in [-0.3, -0.25) is 0 Å². The molecule has 3 aliphatic rings. The highest BCUT2D eigenvalue weighted by molar-refractivity contribution is 5.89. The Morgan fingerprint density at radius 1 is 0.228 bits per heavy atom. The third-order valence-corrected chi connectivity index (χ3v) is 16.6. The first-order valence-corrected chi connectivity index (χ1v) is 27.8. The first-order chi connectivity index (χ1) is 39.1. The van der Waals surface area contributed by atoms with Crippen molar-refractivity contribution in [3.8, 4) is 101 Å². The fraction of sp³-hybridized carbons (Fsp3) is 0.0800. The van der Waals surface area contributed by atoms with Crippen molar-refractivity contribution in [3.05, 3.63) is 288 Å². The van der Waals surface area contributed by atoms with E-state index < -0.39 is 0 Å². The monoisotopic (exact) mass is 1010 g/mol. The molecular formula is C75H54N4. The fourth-order valence-corrected chi connectivity index (χ4v) is 12.7. The first kappa shape index (κ1) is 46.5. The third-order valence-electron chi connectivity index (χ3n) is 16.6. The zero-order valence-electron chi connectivity index (χ0n) is 43.8. The average molecular weight is 1010 g/mol. The average Bonchev–Trinajstić information content (AvgIpc) is 3.66. The van der Waals surface area contributed by atoms with E-state index in [1.165, 1.54) is 83.5 Å². The molecule has 12 aromatic rings. The maximum absolute atomic E-state index is 5.39. The molecule has 0 bridgehead atoms. The number of benzene rings is 9. The van der Waals surface area contributed by atoms with Crippen molar-refractivity contribution < 1.29 is 0 Å². The van der Waals surface area contributed by atoms with Crippen LogP contribution in [0.5, 0.6) is 0 Å². The van der Waals surface area contributed by atoms with Crippen LogP contribution in [0.4, 0.5) is 17.1 Å². The molecule has 0 atom stereocenters. The zero-order valence-corrected chi connectivity index (χ0v) is 43.8. The lowest BCUT2D eigenvalue weighted by atomic mass is 9.84. The van der Waals surface area contributed by atoms with E-state index in [1.807, 2.05) is 0 Å². The topological polar surface area (TPSA) is 41.9 Å². The number of rotatable bonds is 9. The fourth-order valence-electron chi connectivity index (χ4n) is 12.7. The van der Waals surface area contributed by atoms with Crippen molar-refractivity contribution in [2.75, 3.05) is 4.90 Å². The Kier molecular flexibility index (Phi) is 11.6. The summed E-state index contributed by atoms with van der Waals surface area (Å²) in [6, 6.07) is 92.8. The summed E-state index contributed by atoms with van der Waals surface area (Å²) < 4.78 is 0. The Morgan fingerprint density at radius 3 is 0.785 bits per heavy atom. The number of aryl methyl sites for hydroxylation is 3. The highest BCUT2D eigenvalue weighted by Gasteiger charge is 2.27. The van der Waals surface area contributed by atoms with E-state index in [0.29, 0.717) is 0 Å². The van der Waals surface area contributed by atoms with Crippen LogP contribution in [0.3, 0.4) is 0 Å². The lowest BCUT2D eigenvalue weighted by Crippen LogP contribution is -2.11. The number of nitrogens with zero attached hydrogens (tertiary/aromatic N) is 4. The van der Waals surface area contributed by atoms with Crippen LogP contribution in [0.25, 0.3) is 101 Å². The van der Waals surface area contributed by atoms with Crippen LogP contribution in [0, 0.1) is 0 Å². The van der Waals surface area contributed by atoms with E-state index in [9.17, 15) is 0 Å². The molecule has 4 heteroatoms. The molecule has 0 saturated heterocycles. The predicted molar refractivity (Wildman–Crippen MR) is 326 cm³/mol. The van der Waals surface area contributed by atoms with Gasteiger partial charge in [0, 0.05) is 50.4 Å². The van der Waals surface area contributed by atoms with Crippen molar-refractivity contribution in [3.63, 3.8) is 0 Å².